The number of oxazole rings is 1. The number of carbonyl (C=O) groups is 2. The second kappa shape index (κ2) is 6.64. The molecule has 3 aromatic rings. The Labute approximate surface area is 153 Å². The molecule has 3 heterocycles. The van der Waals surface area contributed by atoms with Crippen molar-refractivity contribution in [2.75, 3.05) is 17.2 Å². The van der Waals surface area contributed by atoms with Gasteiger partial charge < -0.3 is 19.8 Å². The lowest BCUT2D eigenvalue weighted by Gasteiger charge is -2.18. The largest absolute Gasteiger partial charge is 0.482 e. The normalized spacial score (nSPS) is 12.9. The molecular formula is C18H15N3O4S. The molecule has 0 saturated heterocycles. The average Bonchev–Trinajstić information content (AvgIpc) is 3.25. The van der Waals surface area contributed by atoms with Crippen molar-refractivity contribution < 1.29 is 18.7 Å². The predicted molar refractivity (Wildman–Crippen MR) is 97.5 cm³/mol. The highest BCUT2D eigenvalue weighted by Gasteiger charge is 2.18. The summed E-state index contributed by atoms with van der Waals surface area (Å²) in [5.74, 6) is 1.28. The van der Waals surface area contributed by atoms with Gasteiger partial charge in [0.15, 0.2) is 6.61 Å². The zero-order valence-corrected chi connectivity index (χ0v) is 14.7. The minimum absolute atomic E-state index is 0.00326. The lowest BCUT2D eigenvalue weighted by molar-refractivity contribution is -0.118. The molecule has 26 heavy (non-hydrogen) atoms. The standard InChI is InChI=1S/C18H15N3O4S/c1-10-12(21-18(25-10)15-3-2-6-26-15)8-16(22)19-11-4-5-14-13(7-11)20-17(23)9-24-14/h2-7H,8-9H2,1H3,(H,19,22)(H,20,23). The molecule has 1 aliphatic heterocycles. The predicted octanol–water partition coefficient (Wildman–Crippen LogP) is 3.22. The number of rotatable bonds is 4. The van der Waals surface area contributed by atoms with Gasteiger partial charge in [-0.25, -0.2) is 4.98 Å². The number of hydrogen-bond donors (Lipinski definition) is 2. The zero-order valence-electron chi connectivity index (χ0n) is 13.9. The maximum absolute atomic E-state index is 12.4. The third-order valence-electron chi connectivity index (χ3n) is 3.85. The van der Waals surface area contributed by atoms with Gasteiger partial charge in [-0.2, -0.15) is 0 Å². The molecule has 2 N–H and O–H groups in total. The highest BCUT2D eigenvalue weighted by Crippen LogP contribution is 2.30. The summed E-state index contributed by atoms with van der Waals surface area (Å²) < 4.78 is 11.0. The van der Waals surface area contributed by atoms with E-state index in [0.29, 0.717) is 34.5 Å². The van der Waals surface area contributed by atoms with Crippen molar-refractivity contribution in [1.82, 2.24) is 4.98 Å². The summed E-state index contributed by atoms with van der Waals surface area (Å²) in [5, 5.41) is 7.46. The van der Waals surface area contributed by atoms with Crippen LogP contribution in [0.15, 0.2) is 40.1 Å². The average molecular weight is 369 g/mol. The first-order valence-electron chi connectivity index (χ1n) is 7.95. The topological polar surface area (TPSA) is 93.5 Å². The SMILES string of the molecule is Cc1oc(-c2cccs2)nc1CC(=O)Nc1ccc2c(c1)NC(=O)CO2. The van der Waals surface area contributed by atoms with E-state index in [1.807, 2.05) is 17.5 Å². The number of aryl methyl sites for hydroxylation is 1. The Kier molecular flexibility index (Phi) is 4.18. The number of nitrogens with zero attached hydrogens (tertiary/aromatic N) is 1. The summed E-state index contributed by atoms with van der Waals surface area (Å²) >= 11 is 1.53. The van der Waals surface area contributed by atoms with Crippen molar-refractivity contribution in [3.8, 4) is 16.5 Å². The molecule has 7 nitrogen and oxygen atoms in total. The Morgan fingerprint density at radius 3 is 3.08 bits per heavy atom. The maximum Gasteiger partial charge on any atom is 0.262 e. The Bertz CT molecular complexity index is 978. The van der Waals surface area contributed by atoms with Crippen LogP contribution in [-0.2, 0) is 16.0 Å². The lowest BCUT2D eigenvalue weighted by Crippen LogP contribution is -2.25. The number of aromatic nitrogens is 1. The van der Waals surface area contributed by atoms with E-state index in [4.69, 9.17) is 9.15 Å². The number of carbonyl (C=O) groups excluding carboxylic acids is 2. The highest BCUT2D eigenvalue weighted by molar-refractivity contribution is 7.13. The van der Waals surface area contributed by atoms with Crippen LogP contribution in [0.3, 0.4) is 0 Å². The third-order valence-corrected chi connectivity index (χ3v) is 4.71. The third kappa shape index (κ3) is 3.31. The van der Waals surface area contributed by atoms with Crippen molar-refractivity contribution in [1.29, 1.82) is 0 Å². The van der Waals surface area contributed by atoms with Gasteiger partial charge in [0, 0.05) is 5.69 Å². The quantitative estimate of drug-likeness (QED) is 0.736. The fourth-order valence-electron chi connectivity index (χ4n) is 2.62. The fourth-order valence-corrected chi connectivity index (χ4v) is 3.26. The van der Waals surface area contributed by atoms with Crippen LogP contribution in [0.2, 0.25) is 0 Å². The first kappa shape index (κ1) is 16.3. The molecule has 2 amide bonds. The lowest BCUT2D eigenvalue weighted by atomic mass is 10.2. The number of amides is 2. The van der Waals surface area contributed by atoms with Crippen LogP contribution in [0.25, 0.3) is 10.8 Å². The van der Waals surface area contributed by atoms with E-state index < -0.39 is 0 Å². The summed E-state index contributed by atoms with van der Waals surface area (Å²) in [7, 11) is 0. The molecule has 0 fully saturated rings. The molecule has 0 unspecified atom stereocenters. The monoisotopic (exact) mass is 369 g/mol. The second-order valence-electron chi connectivity index (χ2n) is 5.77. The second-order valence-corrected chi connectivity index (χ2v) is 6.72. The number of anilines is 2. The Balaban J connectivity index is 1.46. The van der Waals surface area contributed by atoms with Gasteiger partial charge in [0.1, 0.15) is 11.5 Å². The van der Waals surface area contributed by atoms with Gasteiger partial charge in [-0.15, -0.1) is 11.3 Å². The number of thiophene rings is 1. The molecule has 0 radical (unpaired) electrons. The molecule has 1 aromatic carbocycles. The summed E-state index contributed by atoms with van der Waals surface area (Å²) in [6.07, 6.45) is 0.0979. The first-order valence-corrected chi connectivity index (χ1v) is 8.83. The Morgan fingerprint density at radius 2 is 2.27 bits per heavy atom. The molecule has 0 saturated carbocycles. The van der Waals surface area contributed by atoms with Crippen LogP contribution in [0, 0.1) is 6.92 Å². The molecule has 0 spiro atoms. The molecule has 0 atom stereocenters. The first-order chi connectivity index (χ1) is 12.6. The van der Waals surface area contributed by atoms with Crippen molar-refractivity contribution in [3.63, 3.8) is 0 Å². The van der Waals surface area contributed by atoms with E-state index in [1.165, 1.54) is 11.3 Å². The van der Waals surface area contributed by atoms with Gasteiger partial charge in [0.25, 0.3) is 5.91 Å². The number of benzene rings is 1. The van der Waals surface area contributed by atoms with Gasteiger partial charge in [-0.1, -0.05) is 6.07 Å². The van der Waals surface area contributed by atoms with Crippen molar-refractivity contribution in [2.24, 2.45) is 0 Å². The minimum atomic E-state index is -0.222. The molecule has 0 aliphatic carbocycles. The van der Waals surface area contributed by atoms with Gasteiger partial charge in [0.05, 0.1) is 22.7 Å². The summed E-state index contributed by atoms with van der Waals surface area (Å²) in [4.78, 5) is 29.1. The van der Waals surface area contributed by atoms with Crippen molar-refractivity contribution in [3.05, 3.63) is 47.2 Å². The molecule has 4 rings (SSSR count). The van der Waals surface area contributed by atoms with Crippen molar-refractivity contribution >= 4 is 34.5 Å². The van der Waals surface area contributed by atoms with Crippen LogP contribution in [0.5, 0.6) is 5.75 Å². The maximum atomic E-state index is 12.4. The number of fused-ring (bicyclic) bond motifs is 1. The van der Waals surface area contributed by atoms with Crippen LogP contribution < -0.4 is 15.4 Å². The van der Waals surface area contributed by atoms with Gasteiger partial charge in [0.2, 0.25) is 11.8 Å². The van der Waals surface area contributed by atoms with Gasteiger partial charge in [-0.3, -0.25) is 9.59 Å². The zero-order chi connectivity index (χ0) is 18.1. The van der Waals surface area contributed by atoms with E-state index in [2.05, 4.69) is 15.6 Å². The van der Waals surface area contributed by atoms with E-state index >= 15 is 0 Å². The smallest absolute Gasteiger partial charge is 0.262 e. The van der Waals surface area contributed by atoms with Crippen LogP contribution >= 0.6 is 11.3 Å². The summed E-state index contributed by atoms with van der Waals surface area (Å²) in [5.41, 5.74) is 1.70. The molecule has 1 aliphatic rings. The fraction of sp³-hybridized carbons (Fsp3) is 0.167. The van der Waals surface area contributed by atoms with E-state index in [9.17, 15) is 9.59 Å². The van der Waals surface area contributed by atoms with Crippen molar-refractivity contribution in [2.45, 2.75) is 13.3 Å². The van der Waals surface area contributed by atoms with Crippen LogP contribution in [0.4, 0.5) is 11.4 Å². The number of ether oxygens (including phenoxy) is 1. The molecular weight excluding hydrogens is 354 g/mol. The molecule has 0 bridgehead atoms. The molecule has 2 aromatic heterocycles. The van der Waals surface area contributed by atoms with E-state index in [1.54, 1.807) is 25.1 Å². The number of nitrogens with one attached hydrogen (secondary N) is 2. The van der Waals surface area contributed by atoms with Gasteiger partial charge >= 0.3 is 0 Å². The Morgan fingerprint density at radius 1 is 1.38 bits per heavy atom. The molecule has 132 valence electrons. The Hall–Kier alpha value is -3.13. The summed E-state index contributed by atoms with van der Waals surface area (Å²) in [6.45, 7) is 1.79. The summed E-state index contributed by atoms with van der Waals surface area (Å²) in [6, 6.07) is 8.94. The highest BCUT2D eigenvalue weighted by atomic mass is 32.1. The number of hydrogen-bond acceptors (Lipinski definition) is 6. The molecule has 8 heteroatoms. The van der Waals surface area contributed by atoms with Crippen LogP contribution in [-0.4, -0.2) is 23.4 Å². The van der Waals surface area contributed by atoms with E-state index in [0.717, 1.165) is 4.88 Å². The van der Waals surface area contributed by atoms with Gasteiger partial charge in [-0.05, 0) is 36.6 Å². The minimum Gasteiger partial charge on any atom is -0.482 e. The van der Waals surface area contributed by atoms with Crippen LogP contribution in [0.1, 0.15) is 11.5 Å². The van der Waals surface area contributed by atoms with E-state index in [-0.39, 0.29) is 24.8 Å².